The fourth-order valence-electron chi connectivity index (χ4n) is 2.83. The minimum absolute atomic E-state index is 0.266. The first kappa shape index (κ1) is 11.9. The molecule has 3 heteroatoms. The van der Waals surface area contributed by atoms with Crippen molar-refractivity contribution in [2.75, 3.05) is 13.1 Å². The summed E-state index contributed by atoms with van der Waals surface area (Å²) in [7, 11) is 0. The van der Waals surface area contributed by atoms with Crippen LogP contribution < -0.4 is 10.6 Å². The van der Waals surface area contributed by atoms with Crippen molar-refractivity contribution in [1.29, 1.82) is 0 Å². The van der Waals surface area contributed by atoms with Gasteiger partial charge in [0.1, 0.15) is 0 Å². The van der Waals surface area contributed by atoms with Gasteiger partial charge in [-0.2, -0.15) is 0 Å². The molecular weight excluding hydrogens is 200 g/mol. The summed E-state index contributed by atoms with van der Waals surface area (Å²) in [6.45, 7) is 4.51. The summed E-state index contributed by atoms with van der Waals surface area (Å²) in [5, 5.41) is 6.52. The van der Waals surface area contributed by atoms with Gasteiger partial charge >= 0.3 is 0 Å². The number of rotatable bonds is 4. The van der Waals surface area contributed by atoms with Gasteiger partial charge < -0.3 is 10.6 Å². The molecule has 1 aliphatic heterocycles. The molecule has 1 amide bonds. The molecule has 0 spiro atoms. The second-order valence-corrected chi connectivity index (χ2v) is 5.59. The first-order chi connectivity index (χ1) is 7.74. The van der Waals surface area contributed by atoms with Crippen LogP contribution in [-0.2, 0) is 4.79 Å². The number of carbonyl (C=O) groups is 1. The maximum absolute atomic E-state index is 11.7. The topological polar surface area (TPSA) is 41.1 Å². The molecule has 1 heterocycles. The van der Waals surface area contributed by atoms with Gasteiger partial charge in [-0.3, -0.25) is 4.79 Å². The first-order valence-electron chi connectivity index (χ1n) is 6.74. The number of amides is 1. The van der Waals surface area contributed by atoms with E-state index in [4.69, 9.17) is 0 Å². The maximum atomic E-state index is 11.7. The monoisotopic (exact) mass is 224 g/mol. The van der Waals surface area contributed by atoms with Gasteiger partial charge in [-0.15, -0.1) is 0 Å². The Balaban J connectivity index is 1.56. The van der Waals surface area contributed by atoms with Crippen molar-refractivity contribution in [3.63, 3.8) is 0 Å². The van der Waals surface area contributed by atoms with Crippen LogP contribution in [0, 0.1) is 11.8 Å². The predicted molar refractivity (Wildman–Crippen MR) is 65.2 cm³/mol. The molecular formula is C13H24N2O. The lowest BCUT2D eigenvalue weighted by Gasteiger charge is -2.33. The van der Waals surface area contributed by atoms with Crippen LogP contribution in [0.15, 0.2) is 0 Å². The van der Waals surface area contributed by atoms with Gasteiger partial charge in [-0.1, -0.05) is 6.92 Å². The highest BCUT2D eigenvalue weighted by Crippen LogP contribution is 2.26. The van der Waals surface area contributed by atoms with E-state index in [1.165, 1.54) is 25.7 Å². The Morgan fingerprint density at radius 2 is 2.25 bits per heavy atom. The summed E-state index contributed by atoms with van der Waals surface area (Å²) in [6, 6.07) is 0.479. The molecule has 2 N–H and O–H groups in total. The van der Waals surface area contributed by atoms with Gasteiger partial charge in [0.15, 0.2) is 0 Å². The average molecular weight is 224 g/mol. The van der Waals surface area contributed by atoms with Crippen LogP contribution in [-0.4, -0.2) is 25.0 Å². The Labute approximate surface area is 98.4 Å². The fraction of sp³-hybridized carbons (Fsp3) is 0.923. The van der Waals surface area contributed by atoms with Crippen LogP contribution in [0.3, 0.4) is 0 Å². The Bertz CT molecular complexity index is 230. The van der Waals surface area contributed by atoms with Crippen LogP contribution in [0.2, 0.25) is 0 Å². The van der Waals surface area contributed by atoms with Crippen molar-refractivity contribution in [1.82, 2.24) is 10.6 Å². The zero-order chi connectivity index (χ0) is 11.4. The molecule has 0 bridgehead atoms. The van der Waals surface area contributed by atoms with Gasteiger partial charge in [-0.25, -0.2) is 0 Å². The average Bonchev–Trinajstić information content (AvgIpc) is 2.26. The molecule has 0 aromatic heterocycles. The van der Waals surface area contributed by atoms with Crippen molar-refractivity contribution in [2.24, 2.45) is 11.8 Å². The van der Waals surface area contributed by atoms with Crippen molar-refractivity contribution in [2.45, 2.75) is 51.5 Å². The molecule has 1 atom stereocenters. The molecule has 1 saturated carbocycles. The van der Waals surface area contributed by atoms with E-state index in [0.29, 0.717) is 6.04 Å². The van der Waals surface area contributed by atoms with E-state index in [1.807, 2.05) is 0 Å². The Morgan fingerprint density at radius 1 is 1.44 bits per heavy atom. The first-order valence-corrected chi connectivity index (χ1v) is 6.74. The highest BCUT2D eigenvalue weighted by molar-refractivity contribution is 5.76. The second kappa shape index (κ2) is 5.67. The second-order valence-electron chi connectivity index (χ2n) is 5.59. The SMILES string of the molecule is CC1CC(NC(=O)CCC2CCCNC2)C1. The van der Waals surface area contributed by atoms with Crippen LogP contribution in [0.4, 0.5) is 0 Å². The summed E-state index contributed by atoms with van der Waals surface area (Å²) in [4.78, 5) is 11.7. The van der Waals surface area contributed by atoms with Crippen molar-refractivity contribution in [3.05, 3.63) is 0 Å². The van der Waals surface area contributed by atoms with E-state index in [0.717, 1.165) is 37.8 Å². The molecule has 1 saturated heterocycles. The van der Waals surface area contributed by atoms with E-state index >= 15 is 0 Å². The zero-order valence-electron chi connectivity index (χ0n) is 10.3. The lowest BCUT2D eigenvalue weighted by Crippen LogP contribution is -2.43. The number of hydrogen-bond acceptors (Lipinski definition) is 2. The molecule has 2 fully saturated rings. The molecule has 16 heavy (non-hydrogen) atoms. The third-order valence-electron chi connectivity index (χ3n) is 3.92. The lowest BCUT2D eigenvalue weighted by molar-refractivity contribution is -0.122. The molecule has 3 nitrogen and oxygen atoms in total. The Morgan fingerprint density at radius 3 is 2.88 bits per heavy atom. The minimum Gasteiger partial charge on any atom is -0.353 e. The summed E-state index contributed by atoms with van der Waals surface area (Å²) in [5.41, 5.74) is 0. The molecule has 1 unspecified atom stereocenters. The molecule has 2 aliphatic rings. The lowest BCUT2D eigenvalue weighted by atomic mass is 9.82. The van der Waals surface area contributed by atoms with Crippen LogP contribution >= 0.6 is 0 Å². The van der Waals surface area contributed by atoms with Gasteiger partial charge in [0, 0.05) is 12.5 Å². The van der Waals surface area contributed by atoms with Gasteiger partial charge in [0.25, 0.3) is 0 Å². The standard InChI is InChI=1S/C13H24N2O/c1-10-7-12(8-10)15-13(16)5-4-11-3-2-6-14-9-11/h10-12,14H,2-9H2,1H3,(H,15,16). The van der Waals surface area contributed by atoms with Gasteiger partial charge in [0.05, 0.1) is 0 Å². The molecule has 0 aromatic rings. The highest BCUT2D eigenvalue weighted by atomic mass is 16.1. The number of piperidine rings is 1. The maximum Gasteiger partial charge on any atom is 0.220 e. The Kier molecular flexibility index (Phi) is 4.22. The zero-order valence-corrected chi connectivity index (χ0v) is 10.3. The number of carbonyl (C=O) groups excluding carboxylic acids is 1. The van der Waals surface area contributed by atoms with Crippen LogP contribution in [0.1, 0.15) is 45.4 Å². The minimum atomic E-state index is 0.266. The van der Waals surface area contributed by atoms with Crippen LogP contribution in [0.25, 0.3) is 0 Å². The molecule has 92 valence electrons. The Hall–Kier alpha value is -0.570. The molecule has 2 rings (SSSR count). The van der Waals surface area contributed by atoms with Gasteiger partial charge in [-0.05, 0) is 57.0 Å². The smallest absolute Gasteiger partial charge is 0.220 e. The van der Waals surface area contributed by atoms with E-state index in [9.17, 15) is 4.79 Å². The summed E-state index contributed by atoms with van der Waals surface area (Å²) < 4.78 is 0. The third kappa shape index (κ3) is 3.48. The normalized spacial score (nSPS) is 34.2. The third-order valence-corrected chi connectivity index (χ3v) is 3.92. The highest BCUT2D eigenvalue weighted by Gasteiger charge is 2.26. The number of hydrogen-bond donors (Lipinski definition) is 2. The van der Waals surface area contributed by atoms with E-state index in [1.54, 1.807) is 0 Å². The number of nitrogens with one attached hydrogen (secondary N) is 2. The van der Waals surface area contributed by atoms with Gasteiger partial charge in [0.2, 0.25) is 5.91 Å². The molecule has 0 aromatic carbocycles. The fourth-order valence-corrected chi connectivity index (χ4v) is 2.83. The quantitative estimate of drug-likeness (QED) is 0.763. The van der Waals surface area contributed by atoms with Crippen LogP contribution in [0.5, 0.6) is 0 Å². The van der Waals surface area contributed by atoms with E-state index < -0.39 is 0 Å². The van der Waals surface area contributed by atoms with E-state index in [-0.39, 0.29) is 5.91 Å². The van der Waals surface area contributed by atoms with Crippen molar-refractivity contribution in [3.8, 4) is 0 Å². The largest absolute Gasteiger partial charge is 0.353 e. The van der Waals surface area contributed by atoms with E-state index in [2.05, 4.69) is 17.6 Å². The molecule has 1 aliphatic carbocycles. The van der Waals surface area contributed by atoms with Crippen molar-refractivity contribution >= 4 is 5.91 Å². The van der Waals surface area contributed by atoms with Crippen molar-refractivity contribution < 1.29 is 4.79 Å². The molecule has 0 radical (unpaired) electrons. The summed E-state index contributed by atoms with van der Waals surface area (Å²) >= 11 is 0. The summed E-state index contributed by atoms with van der Waals surface area (Å²) in [5.74, 6) is 1.80. The summed E-state index contributed by atoms with van der Waals surface area (Å²) in [6.07, 6.45) is 6.69. The predicted octanol–water partition coefficient (Wildman–Crippen LogP) is 1.68.